The minimum atomic E-state index is -0.401. The topological polar surface area (TPSA) is 82.6 Å². The van der Waals surface area contributed by atoms with Crippen molar-refractivity contribution in [3.8, 4) is 0 Å². The number of para-hydroxylation sites is 1. The van der Waals surface area contributed by atoms with Gasteiger partial charge in [0, 0.05) is 30.9 Å². The molecular formula is C26H32N4O3. The lowest BCUT2D eigenvalue weighted by molar-refractivity contribution is -0.143. The molecule has 1 N–H and O–H groups in total. The molecule has 1 aliphatic carbocycles. The van der Waals surface area contributed by atoms with Crippen molar-refractivity contribution < 1.29 is 14.4 Å². The van der Waals surface area contributed by atoms with E-state index in [1.54, 1.807) is 19.3 Å². The molecule has 1 aromatic heterocycles. The van der Waals surface area contributed by atoms with E-state index in [1.807, 2.05) is 36.1 Å². The Kier molecular flexibility index (Phi) is 6.77. The molecule has 1 aliphatic heterocycles. The van der Waals surface area contributed by atoms with Crippen LogP contribution in [0, 0.1) is 18.8 Å². The van der Waals surface area contributed by atoms with E-state index in [4.69, 9.17) is 0 Å². The highest BCUT2D eigenvalue weighted by molar-refractivity contribution is 6.01. The van der Waals surface area contributed by atoms with Crippen LogP contribution in [0.3, 0.4) is 0 Å². The number of nitrogens with zero attached hydrogens (tertiary/aromatic N) is 3. The molecule has 174 valence electrons. The van der Waals surface area contributed by atoms with Crippen LogP contribution in [-0.4, -0.2) is 47.2 Å². The van der Waals surface area contributed by atoms with Gasteiger partial charge in [-0.25, -0.2) is 4.98 Å². The van der Waals surface area contributed by atoms with Gasteiger partial charge in [-0.2, -0.15) is 0 Å². The second kappa shape index (κ2) is 9.73. The first kappa shape index (κ1) is 23.0. The van der Waals surface area contributed by atoms with E-state index in [1.165, 1.54) is 10.5 Å². The van der Waals surface area contributed by atoms with Crippen molar-refractivity contribution in [1.82, 2.24) is 9.88 Å². The third-order valence-corrected chi connectivity index (χ3v) is 6.78. The molecule has 0 bridgehead atoms. The van der Waals surface area contributed by atoms with Gasteiger partial charge in [0.2, 0.25) is 17.7 Å². The van der Waals surface area contributed by atoms with Crippen molar-refractivity contribution in [2.24, 2.45) is 11.8 Å². The number of fused-ring (bicyclic) bond motifs is 1. The third kappa shape index (κ3) is 4.92. The largest absolute Gasteiger partial charge is 0.336 e. The number of pyridine rings is 1. The maximum absolute atomic E-state index is 13.7. The first-order valence-electron chi connectivity index (χ1n) is 11.7. The van der Waals surface area contributed by atoms with Gasteiger partial charge in [0.25, 0.3) is 0 Å². The van der Waals surface area contributed by atoms with E-state index in [0.717, 1.165) is 30.5 Å². The Balaban J connectivity index is 1.44. The molecule has 0 saturated heterocycles. The van der Waals surface area contributed by atoms with Crippen LogP contribution in [0.1, 0.15) is 43.7 Å². The minimum absolute atomic E-state index is 0.0345. The Morgan fingerprint density at radius 3 is 2.55 bits per heavy atom. The molecule has 2 aliphatic rings. The Morgan fingerprint density at radius 1 is 1.09 bits per heavy atom. The summed E-state index contributed by atoms with van der Waals surface area (Å²) >= 11 is 0. The summed E-state index contributed by atoms with van der Waals surface area (Å²) in [6.07, 6.45) is 5.74. The van der Waals surface area contributed by atoms with Crippen molar-refractivity contribution in [2.75, 3.05) is 23.8 Å². The first-order valence-corrected chi connectivity index (χ1v) is 11.7. The summed E-state index contributed by atoms with van der Waals surface area (Å²) in [4.78, 5) is 47.0. The van der Waals surface area contributed by atoms with Gasteiger partial charge in [-0.1, -0.05) is 37.1 Å². The van der Waals surface area contributed by atoms with Gasteiger partial charge in [0.1, 0.15) is 5.82 Å². The predicted octanol–water partition coefficient (Wildman–Crippen LogP) is 3.57. The third-order valence-electron chi connectivity index (χ3n) is 6.78. The van der Waals surface area contributed by atoms with E-state index in [9.17, 15) is 14.4 Å². The Labute approximate surface area is 195 Å². The average Bonchev–Trinajstić information content (AvgIpc) is 3.15. The molecule has 0 radical (unpaired) electrons. The number of amides is 3. The van der Waals surface area contributed by atoms with Crippen molar-refractivity contribution in [2.45, 2.75) is 52.0 Å². The molecule has 3 atom stereocenters. The molecule has 1 saturated carbocycles. The fourth-order valence-electron chi connectivity index (χ4n) is 5.10. The van der Waals surface area contributed by atoms with E-state index >= 15 is 0 Å². The summed E-state index contributed by atoms with van der Waals surface area (Å²) in [6.45, 7) is 3.91. The lowest BCUT2D eigenvalue weighted by atomic mass is 9.77. The van der Waals surface area contributed by atoms with Crippen LogP contribution < -0.4 is 10.2 Å². The van der Waals surface area contributed by atoms with Gasteiger partial charge >= 0.3 is 0 Å². The standard InChI is InChI=1S/C26H32N4O3/c1-17-12-13-23(27-15-17)28-24(31)16-29(3)25(32)20-9-5-6-10-21(20)26(33)30-18(2)14-19-8-4-7-11-22(19)30/h4,7-8,11-13,15,18,20-21H,5-6,9-10,14,16H2,1-3H3,(H,27,28,31). The number of likely N-dealkylation sites (N-methyl/N-ethyl adjacent to an activating group) is 1. The summed E-state index contributed by atoms with van der Waals surface area (Å²) in [5.74, 6) is -0.708. The van der Waals surface area contributed by atoms with E-state index in [-0.39, 0.29) is 36.2 Å². The van der Waals surface area contributed by atoms with Crippen molar-refractivity contribution >= 4 is 29.2 Å². The highest BCUT2D eigenvalue weighted by atomic mass is 16.2. The smallest absolute Gasteiger partial charge is 0.245 e. The van der Waals surface area contributed by atoms with Gasteiger partial charge in [-0.3, -0.25) is 14.4 Å². The van der Waals surface area contributed by atoms with Crippen LogP contribution >= 0.6 is 0 Å². The van der Waals surface area contributed by atoms with E-state index in [2.05, 4.69) is 23.3 Å². The summed E-state index contributed by atoms with van der Waals surface area (Å²) in [5.41, 5.74) is 3.14. The number of benzene rings is 1. The van der Waals surface area contributed by atoms with Crippen molar-refractivity contribution in [1.29, 1.82) is 0 Å². The van der Waals surface area contributed by atoms with Gasteiger partial charge in [-0.15, -0.1) is 0 Å². The van der Waals surface area contributed by atoms with Crippen LogP contribution in [0.5, 0.6) is 0 Å². The molecule has 3 unspecified atom stereocenters. The molecule has 0 spiro atoms. The molecule has 2 aromatic rings. The van der Waals surface area contributed by atoms with Crippen molar-refractivity contribution in [3.63, 3.8) is 0 Å². The number of hydrogen-bond acceptors (Lipinski definition) is 4. The van der Waals surface area contributed by atoms with E-state index in [0.29, 0.717) is 18.7 Å². The molecule has 4 rings (SSSR count). The van der Waals surface area contributed by atoms with Gasteiger partial charge < -0.3 is 15.1 Å². The second-order valence-corrected chi connectivity index (χ2v) is 9.35. The number of aryl methyl sites for hydroxylation is 1. The molecule has 33 heavy (non-hydrogen) atoms. The quantitative estimate of drug-likeness (QED) is 0.758. The highest BCUT2D eigenvalue weighted by Gasteiger charge is 2.42. The minimum Gasteiger partial charge on any atom is -0.336 e. The Morgan fingerprint density at radius 2 is 1.82 bits per heavy atom. The highest BCUT2D eigenvalue weighted by Crippen LogP contribution is 2.38. The van der Waals surface area contributed by atoms with Crippen molar-refractivity contribution in [3.05, 3.63) is 53.7 Å². The van der Waals surface area contributed by atoms with Crippen LogP contribution in [0.4, 0.5) is 11.5 Å². The summed E-state index contributed by atoms with van der Waals surface area (Å²) < 4.78 is 0. The zero-order chi connectivity index (χ0) is 23.5. The number of anilines is 2. The first-order chi connectivity index (χ1) is 15.8. The number of aromatic nitrogens is 1. The maximum Gasteiger partial charge on any atom is 0.245 e. The number of hydrogen-bond donors (Lipinski definition) is 1. The molecule has 2 heterocycles. The molecule has 3 amide bonds. The fourth-order valence-corrected chi connectivity index (χ4v) is 5.10. The number of nitrogens with one attached hydrogen (secondary N) is 1. The molecule has 7 nitrogen and oxygen atoms in total. The molecule has 1 aromatic carbocycles. The Bertz CT molecular complexity index is 1040. The lowest BCUT2D eigenvalue weighted by Gasteiger charge is -2.36. The van der Waals surface area contributed by atoms with Crippen LogP contribution in [0.25, 0.3) is 0 Å². The predicted molar refractivity (Wildman–Crippen MR) is 128 cm³/mol. The maximum atomic E-state index is 13.7. The SMILES string of the molecule is Cc1ccc(NC(=O)CN(C)C(=O)C2CCCCC2C(=O)N2c3ccccc3CC2C)nc1. The van der Waals surface area contributed by atoms with Crippen LogP contribution in [-0.2, 0) is 20.8 Å². The van der Waals surface area contributed by atoms with E-state index < -0.39 is 5.92 Å². The molecule has 1 fully saturated rings. The second-order valence-electron chi connectivity index (χ2n) is 9.35. The summed E-state index contributed by atoms with van der Waals surface area (Å²) in [7, 11) is 1.63. The fraction of sp³-hybridized carbons (Fsp3) is 0.462. The van der Waals surface area contributed by atoms with Gasteiger partial charge in [0.05, 0.1) is 12.5 Å². The van der Waals surface area contributed by atoms with Gasteiger partial charge in [0.15, 0.2) is 0 Å². The number of carbonyl (C=O) groups is 3. The van der Waals surface area contributed by atoms with Crippen LogP contribution in [0.15, 0.2) is 42.6 Å². The molecular weight excluding hydrogens is 416 g/mol. The normalized spacial score (nSPS) is 21.9. The van der Waals surface area contributed by atoms with Crippen LogP contribution in [0.2, 0.25) is 0 Å². The monoisotopic (exact) mass is 448 g/mol. The van der Waals surface area contributed by atoms with Gasteiger partial charge in [-0.05, 0) is 56.4 Å². The summed E-state index contributed by atoms with van der Waals surface area (Å²) in [5, 5.41) is 2.73. The zero-order valence-electron chi connectivity index (χ0n) is 19.6. The lowest BCUT2D eigenvalue weighted by Crippen LogP contribution is -2.48. The molecule has 7 heteroatoms. The Hall–Kier alpha value is -3.22. The number of carbonyl (C=O) groups excluding carboxylic acids is 3. The zero-order valence-corrected chi connectivity index (χ0v) is 19.6. The summed E-state index contributed by atoms with van der Waals surface area (Å²) in [6, 6.07) is 11.7. The number of rotatable bonds is 5. The average molecular weight is 449 g/mol.